The van der Waals surface area contributed by atoms with Crippen molar-refractivity contribution in [2.24, 2.45) is 0 Å². The van der Waals surface area contributed by atoms with Crippen LogP contribution in [0.1, 0.15) is 23.6 Å². The number of benzene rings is 12. The van der Waals surface area contributed by atoms with E-state index >= 15 is 0 Å². The van der Waals surface area contributed by atoms with Crippen LogP contribution in [0.3, 0.4) is 0 Å². The zero-order valence-corrected chi connectivity index (χ0v) is 38.4. The second-order valence-corrected chi connectivity index (χ2v) is 18.5. The first kappa shape index (κ1) is 40.5. The van der Waals surface area contributed by atoms with E-state index in [4.69, 9.17) is 0 Å². The van der Waals surface area contributed by atoms with E-state index in [1.54, 1.807) is 0 Å². The van der Waals surface area contributed by atoms with E-state index in [0.29, 0.717) is 0 Å². The Morgan fingerprint density at radius 2 is 0.797 bits per heavy atom. The van der Waals surface area contributed by atoms with Gasteiger partial charge in [-0.15, -0.1) is 0 Å². The minimum Gasteiger partial charge on any atom is -0.310 e. The molecule has 69 heavy (non-hydrogen) atoms. The van der Waals surface area contributed by atoms with Crippen molar-refractivity contribution in [3.63, 3.8) is 0 Å². The van der Waals surface area contributed by atoms with Crippen LogP contribution >= 0.6 is 0 Å². The number of rotatable bonds is 8. The number of fused-ring (bicyclic) bond motifs is 7. The lowest BCUT2D eigenvalue weighted by Crippen LogP contribution is -2.22. The van der Waals surface area contributed by atoms with Crippen molar-refractivity contribution in [3.8, 4) is 55.6 Å². The second kappa shape index (κ2) is 16.5. The van der Waals surface area contributed by atoms with E-state index < -0.39 is 0 Å². The van der Waals surface area contributed by atoms with Crippen LogP contribution < -0.4 is 4.90 Å². The Morgan fingerprint density at radius 3 is 1.54 bits per heavy atom. The molecule has 0 spiro atoms. The summed E-state index contributed by atoms with van der Waals surface area (Å²) >= 11 is 0. The van der Waals surface area contributed by atoms with Crippen LogP contribution in [0.15, 0.2) is 267 Å². The van der Waals surface area contributed by atoms with Crippen molar-refractivity contribution in [2.45, 2.75) is 12.3 Å². The van der Waals surface area contributed by atoms with Crippen LogP contribution in [0, 0.1) is 0 Å². The van der Waals surface area contributed by atoms with Gasteiger partial charge in [-0.2, -0.15) is 0 Å². The van der Waals surface area contributed by atoms with Gasteiger partial charge in [0.15, 0.2) is 0 Å². The standard InChI is InChI=1S/C68H47N/c1-68(53-26-12-5-13-27-53)63-32-18-16-30-59(63)61-45-55(39-41-64(61)68)69(54-38-36-50-42-49(34-35-51(50)43-54)46-20-6-2-7-21-46)65-33-19-17-28-56(65)52-37-40-58-57-29-14-15-31-60(57)66(47-22-8-3-9-23-47)67(62(58)44-52)48-24-10-4-11-25-48/h2-45H,1H3. The van der Waals surface area contributed by atoms with Gasteiger partial charge in [0, 0.05) is 22.4 Å². The second-order valence-electron chi connectivity index (χ2n) is 18.5. The first-order valence-corrected chi connectivity index (χ1v) is 24.0. The van der Waals surface area contributed by atoms with Crippen LogP contribution in [-0.2, 0) is 5.41 Å². The Balaban J connectivity index is 1.05. The molecule has 13 rings (SSSR count). The van der Waals surface area contributed by atoms with Gasteiger partial charge in [-0.3, -0.25) is 0 Å². The molecule has 0 amide bonds. The van der Waals surface area contributed by atoms with Crippen LogP contribution in [-0.4, -0.2) is 0 Å². The molecule has 0 radical (unpaired) electrons. The number of hydrogen-bond donors (Lipinski definition) is 0. The molecule has 12 aromatic rings. The Hall–Kier alpha value is -8.78. The molecule has 0 heterocycles. The molecule has 1 atom stereocenters. The summed E-state index contributed by atoms with van der Waals surface area (Å²) in [5.74, 6) is 0. The van der Waals surface area contributed by atoms with Crippen molar-refractivity contribution in [3.05, 3.63) is 284 Å². The molecule has 324 valence electrons. The third-order valence-electron chi connectivity index (χ3n) is 14.7. The van der Waals surface area contributed by atoms with Gasteiger partial charge in [0.05, 0.1) is 5.69 Å². The van der Waals surface area contributed by atoms with Gasteiger partial charge >= 0.3 is 0 Å². The Morgan fingerprint density at radius 1 is 0.290 bits per heavy atom. The maximum absolute atomic E-state index is 2.49. The molecule has 1 aliphatic rings. The number of nitrogens with zero attached hydrogens (tertiary/aromatic N) is 1. The van der Waals surface area contributed by atoms with Gasteiger partial charge < -0.3 is 4.90 Å². The summed E-state index contributed by atoms with van der Waals surface area (Å²) in [6.45, 7) is 2.39. The fourth-order valence-corrected chi connectivity index (χ4v) is 11.4. The lowest BCUT2D eigenvalue weighted by atomic mass is 9.74. The highest BCUT2D eigenvalue weighted by Crippen LogP contribution is 2.55. The van der Waals surface area contributed by atoms with Crippen LogP contribution in [0.2, 0.25) is 0 Å². The molecule has 1 aliphatic carbocycles. The van der Waals surface area contributed by atoms with Gasteiger partial charge in [0.25, 0.3) is 0 Å². The third-order valence-corrected chi connectivity index (χ3v) is 14.7. The SMILES string of the molecule is CC1(c2ccccc2)c2ccccc2-c2cc(N(c3ccc4cc(-c5ccccc5)ccc4c3)c3ccccc3-c3ccc4c(c3)c(-c3ccccc3)c(-c3ccccc3)c3ccccc34)ccc21. The van der Waals surface area contributed by atoms with Crippen molar-refractivity contribution in [1.29, 1.82) is 0 Å². The zero-order chi connectivity index (χ0) is 45.9. The van der Waals surface area contributed by atoms with Crippen LogP contribution in [0.5, 0.6) is 0 Å². The fraction of sp³-hybridized carbons (Fsp3) is 0.0294. The molecule has 0 saturated heterocycles. The average Bonchev–Trinajstić information content (AvgIpc) is 3.69. The van der Waals surface area contributed by atoms with Crippen molar-refractivity contribution < 1.29 is 0 Å². The molecular weight excluding hydrogens is 831 g/mol. The molecular formula is C68H47N. The van der Waals surface area contributed by atoms with Crippen LogP contribution in [0.25, 0.3) is 88.0 Å². The summed E-state index contributed by atoms with van der Waals surface area (Å²) in [5, 5.41) is 7.37. The average molecular weight is 878 g/mol. The van der Waals surface area contributed by atoms with Crippen LogP contribution in [0.4, 0.5) is 17.1 Å². The smallest absolute Gasteiger partial charge is 0.0540 e. The molecule has 0 saturated carbocycles. The lowest BCUT2D eigenvalue weighted by molar-refractivity contribution is 0.714. The molecule has 0 fully saturated rings. The minimum absolute atomic E-state index is 0.293. The molecule has 0 bridgehead atoms. The Kier molecular flexibility index (Phi) is 9.70. The topological polar surface area (TPSA) is 3.24 Å². The number of para-hydroxylation sites is 1. The van der Waals surface area contributed by atoms with Gasteiger partial charge in [0.1, 0.15) is 0 Å². The van der Waals surface area contributed by atoms with E-state index in [-0.39, 0.29) is 5.41 Å². The third kappa shape index (κ3) is 6.69. The Labute approximate surface area is 403 Å². The summed E-state index contributed by atoms with van der Waals surface area (Å²) < 4.78 is 0. The first-order valence-electron chi connectivity index (χ1n) is 24.0. The minimum atomic E-state index is -0.293. The maximum Gasteiger partial charge on any atom is 0.0540 e. The maximum atomic E-state index is 2.49. The first-order chi connectivity index (χ1) is 34.1. The summed E-state index contributed by atoms with van der Waals surface area (Å²) in [4.78, 5) is 2.49. The van der Waals surface area contributed by atoms with Gasteiger partial charge in [-0.1, -0.05) is 224 Å². The van der Waals surface area contributed by atoms with E-state index in [9.17, 15) is 0 Å². The van der Waals surface area contributed by atoms with E-state index in [2.05, 4.69) is 279 Å². The normalized spacial score (nSPS) is 13.9. The molecule has 0 N–H and O–H groups in total. The Bertz CT molecular complexity index is 3890. The molecule has 12 aromatic carbocycles. The fourth-order valence-electron chi connectivity index (χ4n) is 11.4. The predicted molar refractivity (Wildman–Crippen MR) is 293 cm³/mol. The molecule has 1 heteroatoms. The van der Waals surface area contributed by atoms with E-state index in [1.807, 2.05) is 0 Å². The molecule has 1 nitrogen and oxygen atoms in total. The lowest BCUT2D eigenvalue weighted by Gasteiger charge is -2.30. The van der Waals surface area contributed by atoms with Crippen molar-refractivity contribution in [2.75, 3.05) is 4.90 Å². The predicted octanol–water partition coefficient (Wildman–Crippen LogP) is 18.6. The van der Waals surface area contributed by atoms with Crippen molar-refractivity contribution >= 4 is 49.4 Å². The van der Waals surface area contributed by atoms with Crippen molar-refractivity contribution in [1.82, 2.24) is 0 Å². The molecule has 1 unspecified atom stereocenters. The molecule has 0 aliphatic heterocycles. The van der Waals surface area contributed by atoms with Gasteiger partial charge in [-0.05, 0) is 148 Å². The summed E-state index contributed by atoms with van der Waals surface area (Å²) in [5.41, 5.74) is 19.2. The highest BCUT2D eigenvalue weighted by molar-refractivity contribution is 6.22. The summed E-state index contributed by atoms with van der Waals surface area (Å²) in [6.07, 6.45) is 0. The number of anilines is 3. The van der Waals surface area contributed by atoms with E-state index in [0.717, 1.165) is 28.2 Å². The highest BCUT2D eigenvalue weighted by atomic mass is 15.1. The summed E-state index contributed by atoms with van der Waals surface area (Å²) in [6, 6.07) is 98.5. The molecule has 0 aromatic heterocycles. The monoisotopic (exact) mass is 877 g/mol. The van der Waals surface area contributed by atoms with Gasteiger partial charge in [0.2, 0.25) is 0 Å². The quantitative estimate of drug-likeness (QED) is 0.138. The summed E-state index contributed by atoms with van der Waals surface area (Å²) in [7, 11) is 0. The zero-order valence-electron chi connectivity index (χ0n) is 38.4. The van der Waals surface area contributed by atoms with Gasteiger partial charge in [-0.25, -0.2) is 0 Å². The highest BCUT2D eigenvalue weighted by Gasteiger charge is 2.41. The largest absolute Gasteiger partial charge is 0.310 e. The van der Waals surface area contributed by atoms with E-state index in [1.165, 1.54) is 93.5 Å². The number of hydrogen-bond acceptors (Lipinski definition) is 1.